The zero-order valence-corrected chi connectivity index (χ0v) is 9.28. The lowest BCUT2D eigenvalue weighted by Crippen LogP contribution is -2.40. The molecule has 0 radical (unpaired) electrons. The van der Waals surface area contributed by atoms with Gasteiger partial charge in [0.2, 0.25) is 0 Å². The molecule has 17 heavy (non-hydrogen) atoms. The summed E-state index contributed by atoms with van der Waals surface area (Å²) in [6.07, 6.45) is 0. The van der Waals surface area contributed by atoms with Gasteiger partial charge in [-0.3, -0.25) is 4.79 Å². The van der Waals surface area contributed by atoms with Gasteiger partial charge in [0.05, 0.1) is 0 Å². The number of likely N-dealkylation sites (N-methyl/N-ethyl adjacent to an activating group) is 1. The SMILES string of the molecule is CC(C(=O)O)N(C)C(=O)c1ccc(F)c(F)c1. The second kappa shape index (κ2) is 4.90. The van der Waals surface area contributed by atoms with Crippen LogP contribution < -0.4 is 0 Å². The van der Waals surface area contributed by atoms with Crippen molar-refractivity contribution < 1.29 is 23.5 Å². The number of halogens is 2. The summed E-state index contributed by atoms with van der Waals surface area (Å²) in [6.45, 7) is 1.32. The molecule has 6 heteroatoms. The molecule has 1 N–H and O–H groups in total. The third-order valence-electron chi connectivity index (χ3n) is 2.43. The van der Waals surface area contributed by atoms with Crippen molar-refractivity contribution in [2.24, 2.45) is 0 Å². The molecule has 1 unspecified atom stereocenters. The second-order valence-electron chi connectivity index (χ2n) is 3.56. The molecule has 0 bridgehead atoms. The maximum absolute atomic E-state index is 12.9. The van der Waals surface area contributed by atoms with E-state index in [0.717, 1.165) is 23.1 Å². The number of hydrogen-bond donors (Lipinski definition) is 1. The Morgan fingerprint density at radius 3 is 2.35 bits per heavy atom. The fourth-order valence-electron chi connectivity index (χ4n) is 1.17. The van der Waals surface area contributed by atoms with Crippen molar-refractivity contribution in [3.63, 3.8) is 0 Å². The molecule has 0 aromatic heterocycles. The minimum absolute atomic E-state index is 0.0977. The van der Waals surface area contributed by atoms with Gasteiger partial charge in [0.15, 0.2) is 11.6 Å². The van der Waals surface area contributed by atoms with Crippen molar-refractivity contribution in [2.45, 2.75) is 13.0 Å². The first-order valence-corrected chi connectivity index (χ1v) is 4.79. The minimum atomic E-state index is -1.18. The van der Waals surface area contributed by atoms with E-state index in [9.17, 15) is 18.4 Å². The second-order valence-corrected chi connectivity index (χ2v) is 3.56. The molecule has 0 aliphatic carbocycles. The molecule has 92 valence electrons. The number of carboxylic acid groups (broad SMARTS) is 1. The van der Waals surface area contributed by atoms with Gasteiger partial charge < -0.3 is 10.0 Å². The van der Waals surface area contributed by atoms with Gasteiger partial charge in [-0.15, -0.1) is 0 Å². The maximum atomic E-state index is 12.9. The van der Waals surface area contributed by atoms with Gasteiger partial charge in [0, 0.05) is 12.6 Å². The topological polar surface area (TPSA) is 57.6 Å². The van der Waals surface area contributed by atoms with Gasteiger partial charge in [-0.25, -0.2) is 13.6 Å². The van der Waals surface area contributed by atoms with Crippen LogP contribution in [0.25, 0.3) is 0 Å². The Hall–Kier alpha value is -1.98. The van der Waals surface area contributed by atoms with Gasteiger partial charge in [-0.2, -0.15) is 0 Å². The minimum Gasteiger partial charge on any atom is -0.480 e. The van der Waals surface area contributed by atoms with E-state index in [1.165, 1.54) is 14.0 Å². The van der Waals surface area contributed by atoms with Crippen LogP contribution in [0.3, 0.4) is 0 Å². The standard InChI is InChI=1S/C11H11F2NO3/c1-6(11(16)17)14(2)10(15)7-3-4-8(12)9(13)5-7/h3-6H,1-2H3,(H,16,17). The lowest BCUT2D eigenvalue weighted by Gasteiger charge is -2.21. The van der Waals surface area contributed by atoms with E-state index in [4.69, 9.17) is 5.11 Å². The first-order valence-electron chi connectivity index (χ1n) is 4.79. The number of amides is 1. The van der Waals surface area contributed by atoms with E-state index in [1.807, 2.05) is 0 Å². The Morgan fingerprint density at radius 2 is 1.88 bits per heavy atom. The number of benzene rings is 1. The third kappa shape index (κ3) is 2.77. The van der Waals surface area contributed by atoms with Crippen molar-refractivity contribution >= 4 is 11.9 Å². The Morgan fingerprint density at radius 1 is 1.29 bits per heavy atom. The molecule has 1 aromatic rings. The van der Waals surface area contributed by atoms with E-state index in [-0.39, 0.29) is 5.56 Å². The highest BCUT2D eigenvalue weighted by Gasteiger charge is 2.23. The number of carboxylic acids is 1. The molecular formula is C11H11F2NO3. The van der Waals surface area contributed by atoms with E-state index in [2.05, 4.69) is 0 Å². The first-order chi connectivity index (χ1) is 7.84. The van der Waals surface area contributed by atoms with Crippen molar-refractivity contribution in [1.29, 1.82) is 0 Å². The summed E-state index contributed by atoms with van der Waals surface area (Å²) in [6, 6.07) is 1.62. The van der Waals surface area contributed by atoms with Crippen LogP contribution in [0.5, 0.6) is 0 Å². The number of hydrogen-bond acceptors (Lipinski definition) is 2. The molecule has 0 heterocycles. The van der Waals surface area contributed by atoms with E-state index in [0.29, 0.717) is 0 Å². The molecule has 4 nitrogen and oxygen atoms in total. The average Bonchev–Trinajstić information content (AvgIpc) is 2.29. The third-order valence-corrected chi connectivity index (χ3v) is 2.43. The molecule has 0 spiro atoms. The average molecular weight is 243 g/mol. The van der Waals surface area contributed by atoms with Crippen LogP contribution in [0.15, 0.2) is 18.2 Å². The summed E-state index contributed by atoms with van der Waals surface area (Å²) in [5.74, 6) is -4.06. The fraction of sp³-hybridized carbons (Fsp3) is 0.273. The summed E-state index contributed by atoms with van der Waals surface area (Å²) in [5, 5.41) is 8.72. The summed E-state index contributed by atoms with van der Waals surface area (Å²) in [7, 11) is 1.28. The van der Waals surface area contributed by atoms with Gasteiger partial charge in [-0.1, -0.05) is 0 Å². The molecule has 0 aliphatic heterocycles. The quantitative estimate of drug-likeness (QED) is 0.875. The summed E-state index contributed by atoms with van der Waals surface area (Å²) in [5.41, 5.74) is -0.0977. The first kappa shape index (κ1) is 13.1. The van der Waals surface area contributed by atoms with Crippen LogP contribution in [0.2, 0.25) is 0 Å². The molecular weight excluding hydrogens is 232 g/mol. The largest absolute Gasteiger partial charge is 0.480 e. The Labute approximate surface area is 96.5 Å². The number of nitrogens with zero attached hydrogens (tertiary/aromatic N) is 1. The molecule has 1 atom stereocenters. The molecule has 0 saturated heterocycles. The summed E-state index contributed by atoms with van der Waals surface area (Å²) < 4.78 is 25.6. The molecule has 1 rings (SSSR count). The van der Waals surface area contributed by atoms with E-state index in [1.54, 1.807) is 0 Å². The Kier molecular flexibility index (Phi) is 3.77. The highest BCUT2D eigenvalue weighted by Crippen LogP contribution is 2.11. The van der Waals surface area contributed by atoms with Crippen LogP contribution in [-0.2, 0) is 4.79 Å². The summed E-state index contributed by atoms with van der Waals surface area (Å²) in [4.78, 5) is 23.3. The van der Waals surface area contributed by atoms with Gasteiger partial charge in [0.25, 0.3) is 5.91 Å². The predicted octanol–water partition coefficient (Wildman–Crippen LogP) is 1.51. The summed E-state index contributed by atoms with van der Waals surface area (Å²) >= 11 is 0. The lowest BCUT2D eigenvalue weighted by molar-refractivity contribution is -0.141. The monoisotopic (exact) mass is 243 g/mol. The van der Waals surface area contributed by atoms with Crippen LogP contribution >= 0.6 is 0 Å². The van der Waals surface area contributed by atoms with Gasteiger partial charge >= 0.3 is 5.97 Å². The van der Waals surface area contributed by atoms with E-state index >= 15 is 0 Å². The van der Waals surface area contributed by atoms with Crippen LogP contribution in [0.1, 0.15) is 17.3 Å². The predicted molar refractivity (Wildman–Crippen MR) is 55.5 cm³/mol. The Balaban J connectivity index is 2.96. The lowest BCUT2D eigenvalue weighted by atomic mass is 10.1. The van der Waals surface area contributed by atoms with Crippen molar-refractivity contribution in [3.05, 3.63) is 35.4 Å². The number of aliphatic carboxylic acids is 1. The zero-order valence-electron chi connectivity index (χ0n) is 9.28. The van der Waals surface area contributed by atoms with Crippen LogP contribution in [0.4, 0.5) is 8.78 Å². The smallest absolute Gasteiger partial charge is 0.326 e. The number of rotatable bonds is 3. The van der Waals surface area contributed by atoms with Gasteiger partial charge in [0.1, 0.15) is 6.04 Å². The molecule has 0 saturated carbocycles. The highest BCUT2D eigenvalue weighted by molar-refractivity contribution is 5.96. The van der Waals surface area contributed by atoms with Crippen molar-refractivity contribution in [1.82, 2.24) is 4.90 Å². The molecule has 0 fully saturated rings. The van der Waals surface area contributed by atoms with E-state index < -0.39 is 29.6 Å². The van der Waals surface area contributed by atoms with Crippen LogP contribution in [0, 0.1) is 11.6 Å². The highest BCUT2D eigenvalue weighted by atomic mass is 19.2. The maximum Gasteiger partial charge on any atom is 0.326 e. The van der Waals surface area contributed by atoms with Gasteiger partial charge in [-0.05, 0) is 25.1 Å². The van der Waals surface area contributed by atoms with Crippen LogP contribution in [-0.4, -0.2) is 35.0 Å². The number of carbonyl (C=O) groups excluding carboxylic acids is 1. The fourth-order valence-corrected chi connectivity index (χ4v) is 1.17. The normalized spacial score (nSPS) is 12.0. The van der Waals surface area contributed by atoms with Crippen molar-refractivity contribution in [3.8, 4) is 0 Å². The molecule has 0 aliphatic rings. The number of carbonyl (C=O) groups is 2. The zero-order chi connectivity index (χ0) is 13.2. The Bertz CT molecular complexity index is 462. The molecule has 1 aromatic carbocycles. The van der Waals surface area contributed by atoms with Crippen molar-refractivity contribution in [2.75, 3.05) is 7.05 Å². The molecule has 1 amide bonds.